The van der Waals surface area contributed by atoms with Gasteiger partial charge in [-0.3, -0.25) is 0 Å². The first-order chi connectivity index (χ1) is 11.8. The minimum atomic E-state index is 0.481. The van der Waals surface area contributed by atoms with E-state index in [0.717, 1.165) is 23.4 Å². The van der Waals surface area contributed by atoms with Crippen LogP contribution in [0.25, 0.3) is 0 Å². The third-order valence-electron chi connectivity index (χ3n) is 5.94. The fourth-order valence-electron chi connectivity index (χ4n) is 4.58. The van der Waals surface area contributed by atoms with Crippen molar-refractivity contribution in [1.82, 2.24) is 0 Å². The maximum Gasteiger partial charge on any atom is 0.139 e. The van der Waals surface area contributed by atoms with Gasteiger partial charge >= 0.3 is 0 Å². The molecule has 0 aliphatic carbocycles. The molecule has 3 aliphatic heterocycles. The lowest BCUT2D eigenvalue weighted by Gasteiger charge is -2.41. The molecular weight excluding hydrogens is 316 g/mol. The zero-order valence-electron chi connectivity index (χ0n) is 14.1. The van der Waals surface area contributed by atoms with Crippen molar-refractivity contribution in [2.24, 2.45) is 5.92 Å². The monoisotopic (exact) mass is 342 g/mol. The van der Waals surface area contributed by atoms with Crippen molar-refractivity contribution in [3.05, 3.63) is 70.7 Å². The first-order valence-electron chi connectivity index (χ1n) is 9.26. The maximum atomic E-state index is 6.11. The minimum absolute atomic E-state index is 0.481. The van der Waals surface area contributed by atoms with Crippen molar-refractivity contribution < 1.29 is 10.2 Å². The van der Waals surface area contributed by atoms with Gasteiger partial charge in [0.15, 0.2) is 0 Å². The Bertz CT molecular complexity index is 647. The van der Waals surface area contributed by atoms with Gasteiger partial charge in [0, 0.05) is 35.8 Å². The number of fused-ring (bicyclic) bond motifs is 3. The van der Waals surface area contributed by atoms with Gasteiger partial charge in [-0.15, -0.1) is 0 Å². The summed E-state index contributed by atoms with van der Waals surface area (Å²) < 4.78 is 0. The van der Waals surface area contributed by atoms with Crippen LogP contribution in [0.3, 0.4) is 0 Å². The van der Waals surface area contributed by atoms with Crippen molar-refractivity contribution in [1.29, 1.82) is 0 Å². The Hall–Kier alpha value is -1.35. The second-order valence-corrected chi connectivity index (χ2v) is 7.93. The summed E-state index contributed by atoms with van der Waals surface area (Å²) in [4.78, 5) is 1.81. The molecule has 2 aromatic rings. The normalized spacial score (nSPS) is 27.1. The fraction of sp³-hybridized carbons (Fsp3) is 0.429. The minimum Gasteiger partial charge on any atom is -0.332 e. The molecule has 5 rings (SSSR count). The molecule has 0 aromatic heterocycles. The molecule has 24 heavy (non-hydrogen) atoms. The van der Waals surface area contributed by atoms with Crippen LogP contribution in [0.15, 0.2) is 54.6 Å². The lowest BCUT2D eigenvalue weighted by molar-refractivity contribution is -0.945. The smallest absolute Gasteiger partial charge is 0.139 e. The molecule has 3 N–H and O–H groups in total. The van der Waals surface area contributed by atoms with Crippen molar-refractivity contribution in [2.75, 3.05) is 19.6 Å². The SMILES string of the molecule is Clc1ccc([C@H](Cc2ccccc2)[NH2+][C@H]2C[NH+]3CCC2CC3)cc1. The molecule has 0 saturated carbocycles. The van der Waals surface area contributed by atoms with Gasteiger partial charge in [-0.2, -0.15) is 0 Å². The Balaban J connectivity index is 1.54. The maximum absolute atomic E-state index is 6.11. The molecule has 3 saturated heterocycles. The number of hydrogen-bond acceptors (Lipinski definition) is 0. The largest absolute Gasteiger partial charge is 0.332 e. The lowest BCUT2D eigenvalue weighted by Crippen LogP contribution is -3.20. The second-order valence-electron chi connectivity index (χ2n) is 7.50. The molecule has 3 heterocycles. The molecular formula is C21H27ClN2+2. The van der Waals surface area contributed by atoms with Gasteiger partial charge in [0.25, 0.3) is 0 Å². The third kappa shape index (κ3) is 3.66. The summed E-state index contributed by atoms with van der Waals surface area (Å²) in [6.45, 7) is 4.11. The third-order valence-corrected chi connectivity index (χ3v) is 6.20. The average molecular weight is 343 g/mol. The van der Waals surface area contributed by atoms with E-state index in [-0.39, 0.29) is 0 Å². The molecule has 3 fully saturated rings. The fourth-order valence-corrected chi connectivity index (χ4v) is 4.71. The predicted molar refractivity (Wildman–Crippen MR) is 98.3 cm³/mol. The van der Waals surface area contributed by atoms with E-state index in [0.29, 0.717) is 6.04 Å². The topological polar surface area (TPSA) is 21.1 Å². The Morgan fingerprint density at radius 3 is 2.33 bits per heavy atom. The average Bonchev–Trinajstić information content (AvgIpc) is 2.64. The van der Waals surface area contributed by atoms with Crippen LogP contribution in [0, 0.1) is 5.92 Å². The van der Waals surface area contributed by atoms with E-state index >= 15 is 0 Å². The van der Waals surface area contributed by atoms with Gasteiger partial charge < -0.3 is 10.2 Å². The van der Waals surface area contributed by atoms with Crippen molar-refractivity contribution in [3.63, 3.8) is 0 Å². The van der Waals surface area contributed by atoms with E-state index in [4.69, 9.17) is 11.6 Å². The Kier molecular flexibility index (Phi) is 4.88. The molecule has 2 atom stereocenters. The van der Waals surface area contributed by atoms with Gasteiger partial charge in [-0.05, 0) is 17.7 Å². The molecule has 0 amide bonds. The summed E-state index contributed by atoms with van der Waals surface area (Å²) in [5.41, 5.74) is 2.82. The standard InChI is InChI=1S/C21H25ClN2/c22-19-8-6-17(7-9-19)20(14-16-4-2-1-3-5-16)23-21-15-24-12-10-18(21)11-13-24/h1-9,18,20-21,23H,10-15H2/p+2/t20-,21-/m0/s1. The summed E-state index contributed by atoms with van der Waals surface area (Å²) in [6, 6.07) is 20.6. The van der Waals surface area contributed by atoms with E-state index in [1.807, 2.05) is 17.0 Å². The van der Waals surface area contributed by atoms with Crippen LogP contribution in [-0.2, 0) is 6.42 Å². The van der Waals surface area contributed by atoms with Gasteiger partial charge in [0.2, 0.25) is 0 Å². The Morgan fingerprint density at radius 1 is 1.00 bits per heavy atom. The highest BCUT2D eigenvalue weighted by Crippen LogP contribution is 2.21. The van der Waals surface area contributed by atoms with Crippen LogP contribution in [-0.4, -0.2) is 25.7 Å². The van der Waals surface area contributed by atoms with E-state index in [2.05, 4.69) is 47.8 Å². The number of hydrogen-bond donors (Lipinski definition) is 2. The van der Waals surface area contributed by atoms with Crippen molar-refractivity contribution in [3.8, 4) is 0 Å². The molecule has 2 bridgehead atoms. The lowest BCUT2D eigenvalue weighted by atomic mass is 9.83. The highest BCUT2D eigenvalue weighted by molar-refractivity contribution is 6.30. The quantitative estimate of drug-likeness (QED) is 0.827. The predicted octanol–water partition coefficient (Wildman–Crippen LogP) is 1.86. The summed E-state index contributed by atoms with van der Waals surface area (Å²) in [5.74, 6) is 0.910. The molecule has 0 unspecified atom stereocenters. The van der Waals surface area contributed by atoms with Crippen molar-refractivity contribution >= 4 is 11.6 Å². The highest BCUT2D eigenvalue weighted by atomic mass is 35.5. The second kappa shape index (κ2) is 7.26. The molecule has 3 aliphatic rings. The number of nitrogens with one attached hydrogen (secondary N) is 1. The number of benzene rings is 2. The zero-order valence-corrected chi connectivity index (χ0v) is 14.9. The summed E-state index contributed by atoms with van der Waals surface area (Å²) in [7, 11) is 0. The number of rotatable bonds is 5. The van der Waals surface area contributed by atoms with E-state index < -0.39 is 0 Å². The summed E-state index contributed by atoms with van der Waals surface area (Å²) in [6.07, 6.45) is 3.91. The van der Waals surface area contributed by atoms with E-state index in [9.17, 15) is 0 Å². The van der Waals surface area contributed by atoms with Crippen LogP contribution < -0.4 is 10.2 Å². The van der Waals surface area contributed by atoms with Gasteiger partial charge in [-0.25, -0.2) is 0 Å². The number of quaternary nitrogens is 2. The highest BCUT2D eigenvalue weighted by Gasteiger charge is 2.41. The first-order valence-corrected chi connectivity index (χ1v) is 9.63. The Labute approximate surface area is 149 Å². The molecule has 0 spiro atoms. The summed E-state index contributed by atoms with van der Waals surface area (Å²) in [5, 5.41) is 3.49. The van der Waals surface area contributed by atoms with E-state index in [1.165, 1.54) is 43.6 Å². The molecule has 3 heteroatoms. The van der Waals surface area contributed by atoms with Crippen LogP contribution in [0.4, 0.5) is 0 Å². The first kappa shape index (κ1) is 16.1. The zero-order chi connectivity index (χ0) is 16.4. The molecule has 2 nitrogen and oxygen atoms in total. The molecule has 2 aromatic carbocycles. The van der Waals surface area contributed by atoms with Gasteiger partial charge in [0.1, 0.15) is 18.6 Å². The number of nitrogens with two attached hydrogens (primary N) is 1. The van der Waals surface area contributed by atoms with Crippen LogP contribution in [0.2, 0.25) is 5.02 Å². The van der Waals surface area contributed by atoms with Gasteiger partial charge in [0.05, 0.1) is 13.1 Å². The molecule has 0 radical (unpaired) electrons. The summed E-state index contributed by atoms with van der Waals surface area (Å²) >= 11 is 6.11. The van der Waals surface area contributed by atoms with E-state index in [1.54, 1.807) is 0 Å². The number of halogens is 1. The van der Waals surface area contributed by atoms with Gasteiger partial charge in [-0.1, -0.05) is 54.1 Å². The van der Waals surface area contributed by atoms with Crippen molar-refractivity contribution in [2.45, 2.75) is 31.3 Å². The Morgan fingerprint density at radius 2 is 1.71 bits per heavy atom. The number of piperidine rings is 3. The van der Waals surface area contributed by atoms with Crippen LogP contribution in [0.5, 0.6) is 0 Å². The van der Waals surface area contributed by atoms with Crippen LogP contribution in [0.1, 0.15) is 30.0 Å². The molecule has 126 valence electrons. The van der Waals surface area contributed by atoms with Crippen LogP contribution >= 0.6 is 11.6 Å².